The van der Waals surface area contributed by atoms with Crippen molar-refractivity contribution in [2.45, 2.75) is 23.7 Å². The molecule has 22 heavy (non-hydrogen) atoms. The average Bonchev–Trinajstić information content (AvgIpc) is 2.55. The van der Waals surface area contributed by atoms with Crippen LogP contribution in [-0.2, 0) is 9.84 Å². The van der Waals surface area contributed by atoms with Crippen LogP contribution in [0.4, 0.5) is 0 Å². The van der Waals surface area contributed by atoms with E-state index in [1.54, 1.807) is 12.4 Å². The Balaban J connectivity index is 2.10. The highest BCUT2D eigenvalue weighted by Gasteiger charge is 2.25. The summed E-state index contributed by atoms with van der Waals surface area (Å²) in [6, 6.07) is 3.68. The second-order valence-corrected chi connectivity index (χ2v) is 7.47. The molecule has 0 saturated carbocycles. The van der Waals surface area contributed by atoms with E-state index in [0.717, 1.165) is 31.5 Å². The molecule has 3 rings (SSSR count). The molecule has 1 aliphatic rings. The van der Waals surface area contributed by atoms with Gasteiger partial charge in [-0.25, -0.2) is 18.4 Å². The first-order chi connectivity index (χ1) is 10.6. The summed E-state index contributed by atoms with van der Waals surface area (Å²) in [6.45, 7) is 1.75. The number of hydrogen-bond donors (Lipinski definition) is 1. The molecule has 2 aromatic heterocycles. The van der Waals surface area contributed by atoms with Crippen LogP contribution >= 0.6 is 0 Å². The number of nitrogens with zero attached hydrogens (tertiary/aromatic N) is 3. The van der Waals surface area contributed by atoms with Crippen LogP contribution in [0.25, 0.3) is 11.4 Å². The summed E-state index contributed by atoms with van der Waals surface area (Å²) >= 11 is 0. The van der Waals surface area contributed by atoms with Crippen molar-refractivity contribution >= 4 is 9.84 Å². The van der Waals surface area contributed by atoms with E-state index in [2.05, 4.69) is 20.3 Å². The van der Waals surface area contributed by atoms with Gasteiger partial charge in [-0.05, 0) is 38.1 Å². The molecule has 1 fully saturated rings. The van der Waals surface area contributed by atoms with Gasteiger partial charge >= 0.3 is 0 Å². The molecule has 116 valence electrons. The minimum atomic E-state index is -3.34. The molecule has 7 heteroatoms. The van der Waals surface area contributed by atoms with Gasteiger partial charge in [0.1, 0.15) is 4.90 Å². The zero-order valence-electron chi connectivity index (χ0n) is 12.4. The van der Waals surface area contributed by atoms with Gasteiger partial charge in [0.15, 0.2) is 15.7 Å². The van der Waals surface area contributed by atoms with Gasteiger partial charge in [0, 0.05) is 36.3 Å². The Labute approximate surface area is 130 Å². The lowest BCUT2D eigenvalue weighted by Gasteiger charge is -2.23. The molecule has 0 radical (unpaired) electrons. The van der Waals surface area contributed by atoms with Gasteiger partial charge < -0.3 is 5.32 Å². The van der Waals surface area contributed by atoms with E-state index in [0.29, 0.717) is 11.5 Å². The molecule has 3 heterocycles. The van der Waals surface area contributed by atoms with Crippen LogP contribution in [0.1, 0.15) is 24.5 Å². The normalized spacial score (nSPS) is 16.6. The quantitative estimate of drug-likeness (QED) is 0.921. The van der Waals surface area contributed by atoms with Crippen LogP contribution < -0.4 is 5.32 Å². The number of hydrogen-bond acceptors (Lipinski definition) is 6. The van der Waals surface area contributed by atoms with E-state index in [9.17, 15) is 8.42 Å². The van der Waals surface area contributed by atoms with Crippen molar-refractivity contribution < 1.29 is 8.42 Å². The minimum absolute atomic E-state index is 0.143. The summed E-state index contributed by atoms with van der Waals surface area (Å²) in [7, 11) is -3.34. The smallest absolute Gasteiger partial charge is 0.178 e. The lowest BCUT2D eigenvalue weighted by atomic mass is 9.94. The molecule has 0 amide bonds. The van der Waals surface area contributed by atoms with Gasteiger partial charge in [0.05, 0.1) is 5.69 Å². The summed E-state index contributed by atoms with van der Waals surface area (Å²) in [4.78, 5) is 13.1. The van der Waals surface area contributed by atoms with E-state index < -0.39 is 9.84 Å². The molecular formula is C15H18N4O2S. The largest absolute Gasteiger partial charge is 0.317 e. The Hall–Kier alpha value is -1.86. The highest BCUT2D eigenvalue weighted by molar-refractivity contribution is 7.90. The van der Waals surface area contributed by atoms with E-state index >= 15 is 0 Å². The van der Waals surface area contributed by atoms with Gasteiger partial charge in [-0.15, -0.1) is 0 Å². The Morgan fingerprint density at radius 3 is 2.64 bits per heavy atom. The Morgan fingerprint density at radius 1 is 1.23 bits per heavy atom. The molecule has 0 atom stereocenters. The highest BCUT2D eigenvalue weighted by Crippen LogP contribution is 2.30. The van der Waals surface area contributed by atoms with Crippen molar-refractivity contribution in [3.8, 4) is 11.4 Å². The van der Waals surface area contributed by atoms with E-state index in [1.807, 2.05) is 12.1 Å². The maximum atomic E-state index is 12.0. The second kappa shape index (κ2) is 6.10. The summed E-state index contributed by atoms with van der Waals surface area (Å²) in [5.41, 5.74) is 1.43. The van der Waals surface area contributed by atoms with Gasteiger partial charge in [0.25, 0.3) is 0 Å². The Bertz CT molecular complexity index is 756. The van der Waals surface area contributed by atoms with Crippen molar-refractivity contribution in [3.05, 3.63) is 36.4 Å². The predicted octanol–water partition coefficient (Wildman–Crippen LogP) is 1.41. The van der Waals surface area contributed by atoms with Gasteiger partial charge in [-0.1, -0.05) is 0 Å². The fraction of sp³-hybridized carbons (Fsp3) is 0.400. The van der Waals surface area contributed by atoms with Crippen molar-refractivity contribution in [2.75, 3.05) is 19.3 Å². The van der Waals surface area contributed by atoms with Crippen LogP contribution in [0.15, 0.2) is 35.6 Å². The third-order valence-corrected chi connectivity index (χ3v) is 4.94. The molecule has 0 spiro atoms. The number of aromatic nitrogens is 3. The molecule has 0 unspecified atom stereocenters. The molecule has 6 nitrogen and oxygen atoms in total. The maximum absolute atomic E-state index is 12.0. The summed E-state index contributed by atoms with van der Waals surface area (Å²) in [5, 5.41) is 3.29. The van der Waals surface area contributed by atoms with Crippen molar-refractivity contribution in [2.24, 2.45) is 0 Å². The van der Waals surface area contributed by atoms with Gasteiger partial charge in [0.2, 0.25) is 0 Å². The molecule has 1 N–H and O–H groups in total. The number of piperidine rings is 1. The third-order valence-electron chi connectivity index (χ3n) is 3.83. The number of rotatable bonds is 3. The topological polar surface area (TPSA) is 84.8 Å². The minimum Gasteiger partial charge on any atom is -0.317 e. The lowest BCUT2D eigenvalue weighted by molar-refractivity contribution is 0.446. The molecule has 1 aliphatic heterocycles. The molecule has 2 aromatic rings. The highest BCUT2D eigenvalue weighted by atomic mass is 32.2. The van der Waals surface area contributed by atoms with Crippen LogP contribution in [0.3, 0.4) is 0 Å². The maximum Gasteiger partial charge on any atom is 0.178 e. The molecule has 0 aromatic carbocycles. The van der Waals surface area contributed by atoms with E-state index in [4.69, 9.17) is 0 Å². The summed E-state index contributed by atoms with van der Waals surface area (Å²) in [5.74, 6) is 0.665. The molecule has 0 bridgehead atoms. The molecule has 1 saturated heterocycles. The number of nitrogens with one attached hydrogen (secondary N) is 1. The Morgan fingerprint density at radius 2 is 2.00 bits per heavy atom. The second-order valence-electron chi connectivity index (χ2n) is 5.48. The van der Waals surface area contributed by atoms with Crippen molar-refractivity contribution in [1.82, 2.24) is 20.3 Å². The molecular weight excluding hydrogens is 300 g/mol. The van der Waals surface area contributed by atoms with Crippen molar-refractivity contribution in [1.29, 1.82) is 0 Å². The number of sulfone groups is 1. The van der Waals surface area contributed by atoms with E-state index in [-0.39, 0.29) is 10.8 Å². The SMILES string of the molecule is CS(=O)(=O)c1cnc(-c2cccnc2)nc1C1CCNCC1. The first-order valence-corrected chi connectivity index (χ1v) is 9.13. The fourth-order valence-corrected chi connectivity index (χ4v) is 3.53. The average molecular weight is 318 g/mol. The van der Waals surface area contributed by atoms with Crippen LogP contribution in [0.5, 0.6) is 0 Å². The van der Waals surface area contributed by atoms with Crippen LogP contribution in [0, 0.1) is 0 Å². The monoisotopic (exact) mass is 318 g/mol. The van der Waals surface area contributed by atoms with E-state index in [1.165, 1.54) is 12.5 Å². The first kappa shape index (κ1) is 15.1. The van der Waals surface area contributed by atoms with Crippen LogP contribution in [-0.4, -0.2) is 42.7 Å². The zero-order chi connectivity index (χ0) is 15.6. The van der Waals surface area contributed by atoms with Crippen molar-refractivity contribution in [3.63, 3.8) is 0 Å². The standard InChI is InChI=1S/C15H18N4O2S/c1-22(20,21)13-10-18-15(12-3-2-6-17-9-12)19-14(13)11-4-7-16-8-5-11/h2-3,6,9-11,16H,4-5,7-8H2,1H3. The zero-order valence-corrected chi connectivity index (χ0v) is 13.2. The van der Waals surface area contributed by atoms with Crippen LogP contribution in [0.2, 0.25) is 0 Å². The fourth-order valence-electron chi connectivity index (χ4n) is 2.69. The first-order valence-electron chi connectivity index (χ1n) is 7.24. The third kappa shape index (κ3) is 3.15. The summed E-state index contributed by atoms with van der Waals surface area (Å²) in [6.07, 6.45) is 7.77. The Kier molecular flexibility index (Phi) is 4.17. The predicted molar refractivity (Wildman–Crippen MR) is 83.2 cm³/mol. The van der Waals surface area contributed by atoms with Gasteiger partial charge in [-0.3, -0.25) is 4.98 Å². The lowest BCUT2D eigenvalue weighted by Crippen LogP contribution is -2.28. The molecule has 0 aliphatic carbocycles. The van der Waals surface area contributed by atoms with Gasteiger partial charge in [-0.2, -0.15) is 0 Å². The number of pyridine rings is 1. The summed E-state index contributed by atoms with van der Waals surface area (Å²) < 4.78 is 24.1.